The first kappa shape index (κ1) is 17.5. The van der Waals surface area contributed by atoms with Gasteiger partial charge in [0.05, 0.1) is 12.6 Å². The first-order chi connectivity index (χ1) is 10.9. The van der Waals surface area contributed by atoms with Gasteiger partial charge in [-0.25, -0.2) is 9.78 Å². The van der Waals surface area contributed by atoms with Crippen molar-refractivity contribution >= 4 is 27.1 Å². The molecule has 23 heavy (non-hydrogen) atoms. The Morgan fingerprint density at radius 3 is 2.70 bits per heavy atom. The largest absolute Gasteiger partial charge is 0.390 e. The maximum absolute atomic E-state index is 12.1. The van der Waals surface area contributed by atoms with Gasteiger partial charge in [-0.05, 0) is 13.3 Å². The van der Waals surface area contributed by atoms with Crippen LogP contribution in [-0.2, 0) is 13.6 Å². The van der Waals surface area contributed by atoms with Gasteiger partial charge in [0.15, 0.2) is 11.2 Å². The minimum Gasteiger partial charge on any atom is -0.390 e. The summed E-state index contributed by atoms with van der Waals surface area (Å²) in [5.41, 5.74) is -0.940. The number of imidazole rings is 1. The molecule has 2 rings (SSSR count). The van der Waals surface area contributed by atoms with E-state index in [4.69, 9.17) is 0 Å². The van der Waals surface area contributed by atoms with Crippen LogP contribution in [0.15, 0.2) is 9.59 Å². The molecule has 0 aliphatic carbocycles. The smallest absolute Gasteiger partial charge is 0.329 e. The molecule has 0 radical (unpaired) electrons. The van der Waals surface area contributed by atoms with E-state index in [9.17, 15) is 19.8 Å². The van der Waals surface area contributed by atoms with Crippen molar-refractivity contribution in [3.63, 3.8) is 0 Å². The summed E-state index contributed by atoms with van der Waals surface area (Å²) in [6.07, 6.45) is -2.05. The van der Waals surface area contributed by atoms with Gasteiger partial charge in [0, 0.05) is 12.4 Å². The van der Waals surface area contributed by atoms with E-state index in [0.717, 1.165) is 0 Å². The van der Waals surface area contributed by atoms with Crippen molar-refractivity contribution < 1.29 is 10.2 Å². The first-order valence-corrected chi connectivity index (χ1v) is 8.05. The Bertz CT molecular complexity index is 886. The zero-order valence-corrected chi connectivity index (χ0v) is 14.3. The van der Waals surface area contributed by atoms with Gasteiger partial charge < -0.3 is 14.8 Å². The SMILES string of the molecule is CC#CCn1c(C(O)C(O)CCBr)nc2c1c(=O)[nH]c(=O)n2C. The number of aliphatic hydroxyl groups is 2. The topological polar surface area (TPSA) is 113 Å². The number of aromatic nitrogens is 4. The second-order valence-corrected chi connectivity index (χ2v) is 5.76. The summed E-state index contributed by atoms with van der Waals surface area (Å²) >= 11 is 3.20. The minimum absolute atomic E-state index is 0.0999. The number of hydrogen-bond acceptors (Lipinski definition) is 5. The fraction of sp³-hybridized carbons (Fsp3) is 0.500. The molecule has 0 aliphatic heterocycles. The molecule has 0 aromatic carbocycles. The number of nitrogens with one attached hydrogen (secondary N) is 1. The molecule has 2 aromatic heterocycles. The molecule has 0 saturated carbocycles. The number of H-pyrrole nitrogens is 1. The lowest BCUT2D eigenvalue weighted by Crippen LogP contribution is -2.29. The number of aryl methyl sites for hydroxylation is 1. The number of rotatable bonds is 5. The zero-order valence-electron chi connectivity index (χ0n) is 12.7. The molecular formula is C14H17BrN4O4. The third kappa shape index (κ3) is 3.24. The average molecular weight is 385 g/mol. The lowest BCUT2D eigenvalue weighted by molar-refractivity contribution is 0.0105. The molecule has 0 aliphatic rings. The third-order valence-electron chi connectivity index (χ3n) is 3.48. The van der Waals surface area contributed by atoms with Crippen LogP contribution in [0.4, 0.5) is 0 Å². The second kappa shape index (κ2) is 7.12. The maximum Gasteiger partial charge on any atom is 0.329 e. The molecule has 2 heterocycles. The standard InChI is InChI=1S/C14H17BrN4O4/c1-3-4-7-19-9-11(18(2)14(23)17-13(9)22)16-12(19)10(21)8(20)5-6-15/h8,10,20-21H,5-7H2,1-2H3,(H,17,22,23). The predicted octanol–water partition coefficient (Wildman–Crippen LogP) is -0.374. The fourth-order valence-electron chi connectivity index (χ4n) is 2.24. The molecule has 2 atom stereocenters. The van der Waals surface area contributed by atoms with Crippen LogP contribution in [0.1, 0.15) is 25.3 Å². The van der Waals surface area contributed by atoms with Gasteiger partial charge in [0.1, 0.15) is 11.9 Å². The highest BCUT2D eigenvalue weighted by Gasteiger charge is 2.26. The Hall–Kier alpha value is -1.89. The van der Waals surface area contributed by atoms with Crippen molar-refractivity contribution in [2.24, 2.45) is 7.05 Å². The van der Waals surface area contributed by atoms with Crippen molar-refractivity contribution in [1.82, 2.24) is 19.1 Å². The van der Waals surface area contributed by atoms with E-state index in [1.807, 2.05) is 0 Å². The van der Waals surface area contributed by atoms with Crippen molar-refractivity contribution in [2.75, 3.05) is 5.33 Å². The van der Waals surface area contributed by atoms with Crippen LogP contribution >= 0.6 is 15.9 Å². The van der Waals surface area contributed by atoms with Crippen LogP contribution < -0.4 is 11.2 Å². The van der Waals surface area contributed by atoms with E-state index >= 15 is 0 Å². The third-order valence-corrected chi connectivity index (χ3v) is 3.94. The summed E-state index contributed by atoms with van der Waals surface area (Å²) in [5, 5.41) is 20.9. The molecule has 0 spiro atoms. The van der Waals surface area contributed by atoms with Crippen LogP contribution in [0.2, 0.25) is 0 Å². The van der Waals surface area contributed by atoms with E-state index in [0.29, 0.717) is 11.8 Å². The van der Waals surface area contributed by atoms with Crippen molar-refractivity contribution in [1.29, 1.82) is 0 Å². The van der Waals surface area contributed by atoms with Crippen LogP contribution in [0.3, 0.4) is 0 Å². The number of alkyl halides is 1. The van der Waals surface area contributed by atoms with Crippen LogP contribution in [0.25, 0.3) is 11.2 Å². The molecule has 124 valence electrons. The van der Waals surface area contributed by atoms with Crippen molar-refractivity contribution in [3.8, 4) is 11.8 Å². The maximum atomic E-state index is 12.1. The highest BCUT2D eigenvalue weighted by molar-refractivity contribution is 9.09. The molecule has 8 nitrogen and oxygen atoms in total. The number of hydrogen-bond donors (Lipinski definition) is 3. The van der Waals surface area contributed by atoms with Gasteiger partial charge in [-0.2, -0.15) is 0 Å². The van der Waals surface area contributed by atoms with Crippen molar-refractivity contribution in [2.45, 2.75) is 32.1 Å². The highest BCUT2D eigenvalue weighted by Crippen LogP contribution is 2.22. The summed E-state index contributed by atoms with van der Waals surface area (Å²) in [7, 11) is 1.47. The van der Waals surface area contributed by atoms with Crippen LogP contribution in [0.5, 0.6) is 0 Å². The summed E-state index contributed by atoms with van der Waals surface area (Å²) in [6, 6.07) is 0. The Labute approximate surface area is 139 Å². The Morgan fingerprint density at radius 2 is 2.09 bits per heavy atom. The minimum atomic E-state index is -1.30. The Kier molecular flexibility index (Phi) is 5.41. The van der Waals surface area contributed by atoms with Gasteiger partial charge >= 0.3 is 5.69 Å². The number of halogens is 1. The average Bonchev–Trinajstić information content (AvgIpc) is 2.90. The van der Waals surface area contributed by atoms with Gasteiger partial charge in [0.2, 0.25) is 0 Å². The molecule has 0 amide bonds. The lowest BCUT2D eigenvalue weighted by Gasteiger charge is -2.17. The summed E-state index contributed by atoms with van der Waals surface area (Å²) in [5.74, 6) is 5.61. The molecule has 0 bridgehead atoms. The summed E-state index contributed by atoms with van der Waals surface area (Å²) < 4.78 is 2.60. The second-order valence-electron chi connectivity index (χ2n) is 4.96. The van der Waals surface area contributed by atoms with E-state index in [1.165, 1.54) is 16.2 Å². The van der Waals surface area contributed by atoms with Crippen molar-refractivity contribution in [3.05, 3.63) is 26.7 Å². The highest BCUT2D eigenvalue weighted by atomic mass is 79.9. The molecule has 0 saturated heterocycles. The molecule has 3 N–H and O–H groups in total. The van der Waals surface area contributed by atoms with Gasteiger partial charge in [0.25, 0.3) is 5.56 Å². The van der Waals surface area contributed by atoms with E-state index in [2.05, 4.69) is 37.7 Å². The fourth-order valence-corrected chi connectivity index (χ4v) is 2.71. The molecule has 2 aromatic rings. The molecule has 9 heteroatoms. The number of fused-ring (bicyclic) bond motifs is 1. The van der Waals surface area contributed by atoms with E-state index in [1.54, 1.807) is 6.92 Å². The zero-order chi connectivity index (χ0) is 17.1. The first-order valence-electron chi connectivity index (χ1n) is 6.93. The van der Waals surface area contributed by atoms with Crippen LogP contribution in [-0.4, -0.2) is 40.7 Å². The monoisotopic (exact) mass is 384 g/mol. The quantitative estimate of drug-likeness (QED) is 0.480. The number of aliphatic hydroxyl groups excluding tert-OH is 2. The molecular weight excluding hydrogens is 368 g/mol. The number of nitrogens with zero attached hydrogens (tertiary/aromatic N) is 3. The molecule has 2 unspecified atom stereocenters. The van der Waals surface area contributed by atoms with Crippen LogP contribution in [0, 0.1) is 11.8 Å². The van der Waals surface area contributed by atoms with Gasteiger partial charge in [-0.3, -0.25) is 14.3 Å². The predicted molar refractivity (Wildman–Crippen MR) is 88.4 cm³/mol. The van der Waals surface area contributed by atoms with E-state index in [-0.39, 0.29) is 23.5 Å². The molecule has 0 fully saturated rings. The normalized spacial score (nSPS) is 13.6. The Morgan fingerprint density at radius 1 is 1.39 bits per heavy atom. The summed E-state index contributed by atoms with van der Waals surface area (Å²) in [6.45, 7) is 1.76. The number of aromatic amines is 1. The van der Waals surface area contributed by atoms with E-state index < -0.39 is 23.5 Å². The lowest BCUT2D eigenvalue weighted by atomic mass is 10.1. The van der Waals surface area contributed by atoms with Gasteiger partial charge in [-0.15, -0.1) is 5.92 Å². The van der Waals surface area contributed by atoms with Gasteiger partial charge in [-0.1, -0.05) is 21.9 Å². The Balaban J connectivity index is 2.74. The summed E-state index contributed by atoms with van der Waals surface area (Å²) in [4.78, 5) is 30.2.